The lowest BCUT2D eigenvalue weighted by Crippen LogP contribution is -2.32. The fraction of sp³-hybridized carbons (Fsp3) is 0.300. The Morgan fingerprint density at radius 1 is 1.19 bits per heavy atom. The molecule has 2 aromatic heterocycles. The number of nitrogens with zero attached hydrogens (tertiary/aromatic N) is 5. The average Bonchev–Trinajstić information content (AvgIpc) is 3.36. The maximum Gasteiger partial charge on any atom is 0.415 e. The van der Waals surface area contributed by atoms with E-state index in [2.05, 4.69) is 28.3 Å². The van der Waals surface area contributed by atoms with Crippen molar-refractivity contribution in [3.63, 3.8) is 0 Å². The predicted molar refractivity (Wildman–Crippen MR) is 100 cm³/mol. The van der Waals surface area contributed by atoms with E-state index in [1.165, 1.54) is 5.56 Å². The third-order valence-electron chi connectivity index (χ3n) is 5.34. The molecule has 27 heavy (non-hydrogen) atoms. The second-order valence-corrected chi connectivity index (χ2v) is 7.02. The lowest BCUT2D eigenvalue weighted by molar-refractivity contribution is 0.129. The van der Waals surface area contributed by atoms with Crippen molar-refractivity contribution in [2.45, 2.75) is 31.9 Å². The molecule has 2 aliphatic heterocycles. The normalized spacial score (nSPS) is 20.5. The summed E-state index contributed by atoms with van der Waals surface area (Å²) >= 11 is 0. The molecule has 1 aromatic carbocycles. The molecule has 2 aliphatic rings. The van der Waals surface area contributed by atoms with Crippen LogP contribution in [-0.2, 0) is 18.2 Å². The first kappa shape index (κ1) is 16.0. The van der Waals surface area contributed by atoms with Crippen molar-refractivity contribution >= 4 is 11.8 Å². The molecular formula is C20H19N5O2. The molecular weight excluding hydrogens is 342 g/mol. The largest absolute Gasteiger partial charge is 0.444 e. The minimum Gasteiger partial charge on any atom is -0.444 e. The Labute approximate surface area is 156 Å². The highest BCUT2D eigenvalue weighted by Crippen LogP contribution is 2.41. The SMILES string of the molecule is CC[C@@H]1OC(=O)N2c3ccc(-c4ccc(-c5cn(C)nn5)nc4)cc3C[C@@H]12. The molecule has 0 spiro atoms. The van der Waals surface area contributed by atoms with Crippen molar-refractivity contribution in [1.29, 1.82) is 0 Å². The molecule has 7 nitrogen and oxygen atoms in total. The summed E-state index contributed by atoms with van der Waals surface area (Å²) in [5.74, 6) is 0. The Kier molecular flexibility index (Phi) is 3.50. The number of carbonyl (C=O) groups is 1. The Bertz CT molecular complexity index is 1030. The van der Waals surface area contributed by atoms with Crippen molar-refractivity contribution in [2.24, 2.45) is 7.05 Å². The molecule has 5 rings (SSSR count). The monoisotopic (exact) mass is 361 g/mol. The van der Waals surface area contributed by atoms with E-state index in [0.29, 0.717) is 0 Å². The first-order chi connectivity index (χ1) is 13.1. The summed E-state index contributed by atoms with van der Waals surface area (Å²) in [5.41, 5.74) is 5.83. The van der Waals surface area contributed by atoms with Crippen LogP contribution >= 0.6 is 0 Å². The van der Waals surface area contributed by atoms with Gasteiger partial charge in [0.25, 0.3) is 0 Å². The van der Waals surface area contributed by atoms with E-state index in [1.54, 1.807) is 4.68 Å². The molecule has 0 bridgehead atoms. The summed E-state index contributed by atoms with van der Waals surface area (Å²) in [6.45, 7) is 2.06. The highest BCUT2D eigenvalue weighted by atomic mass is 16.6. The molecule has 0 N–H and O–H groups in total. The van der Waals surface area contributed by atoms with Crippen LogP contribution in [0.4, 0.5) is 10.5 Å². The predicted octanol–water partition coefficient (Wildman–Crippen LogP) is 3.20. The summed E-state index contributed by atoms with van der Waals surface area (Å²) in [5, 5.41) is 8.04. The minimum absolute atomic E-state index is 0.0266. The number of hydrogen-bond donors (Lipinski definition) is 0. The van der Waals surface area contributed by atoms with E-state index in [1.807, 2.05) is 48.6 Å². The maximum atomic E-state index is 12.2. The van der Waals surface area contributed by atoms with Gasteiger partial charge >= 0.3 is 6.09 Å². The molecule has 0 unspecified atom stereocenters. The smallest absolute Gasteiger partial charge is 0.415 e. The van der Waals surface area contributed by atoms with Crippen molar-refractivity contribution in [2.75, 3.05) is 4.90 Å². The molecule has 0 radical (unpaired) electrons. The first-order valence-electron chi connectivity index (χ1n) is 9.10. The van der Waals surface area contributed by atoms with Gasteiger partial charge in [0.15, 0.2) is 0 Å². The van der Waals surface area contributed by atoms with E-state index in [-0.39, 0.29) is 18.2 Å². The van der Waals surface area contributed by atoms with Crippen LogP contribution in [-0.4, -0.2) is 38.2 Å². The number of hydrogen-bond acceptors (Lipinski definition) is 5. The molecule has 1 saturated heterocycles. The van der Waals surface area contributed by atoms with Crippen molar-refractivity contribution in [1.82, 2.24) is 20.0 Å². The van der Waals surface area contributed by atoms with Crippen LogP contribution in [0.5, 0.6) is 0 Å². The van der Waals surface area contributed by atoms with Crippen LogP contribution < -0.4 is 4.90 Å². The second-order valence-electron chi connectivity index (χ2n) is 7.02. The van der Waals surface area contributed by atoms with Gasteiger partial charge in [-0.3, -0.25) is 14.6 Å². The van der Waals surface area contributed by atoms with Gasteiger partial charge in [0.1, 0.15) is 11.8 Å². The second kappa shape index (κ2) is 5.90. The number of anilines is 1. The lowest BCUT2D eigenvalue weighted by atomic mass is 10.00. The summed E-state index contributed by atoms with van der Waals surface area (Å²) in [6, 6.07) is 10.3. The highest BCUT2D eigenvalue weighted by molar-refractivity contribution is 5.94. The van der Waals surface area contributed by atoms with E-state index in [4.69, 9.17) is 4.74 Å². The fourth-order valence-corrected chi connectivity index (χ4v) is 3.99. The highest BCUT2D eigenvalue weighted by Gasteiger charge is 2.46. The molecule has 1 fully saturated rings. The molecule has 0 aliphatic carbocycles. The number of fused-ring (bicyclic) bond motifs is 3. The number of pyridine rings is 1. The van der Waals surface area contributed by atoms with Crippen molar-refractivity contribution in [3.8, 4) is 22.5 Å². The number of ether oxygens (including phenoxy) is 1. The standard InChI is InChI=1S/C20H19N5O2/c1-3-19-18-9-14-8-12(5-7-17(14)25(18)20(26)27-19)13-4-6-15(21-10-13)16-11-24(2)23-22-16/h4-8,10-11,18-19H,3,9H2,1-2H3/t18-,19-/m0/s1. The molecule has 1 amide bonds. The van der Waals surface area contributed by atoms with E-state index >= 15 is 0 Å². The van der Waals surface area contributed by atoms with E-state index < -0.39 is 0 Å². The summed E-state index contributed by atoms with van der Waals surface area (Å²) < 4.78 is 7.13. The van der Waals surface area contributed by atoms with Gasteiger partial charge < -0.3 is 4.74 Å². The zero-order chi connectivity index (χ0) is 18.5. The van der Waals surface area contributed by atoms with Crippen molar-refractivity contribution < 1.29 is 9.53 Å². The van der Waals surface area contributed by atoms with E-state index in [0.717, 1.165) is 41.0 Å². The van der Waals surface area contributed by atoms with Gasteiger partial charge in [0.05, 0.1) is 23.6 Å². The minimum atomic E-state index is -0.228. The average molecular weight is 361 g/mol. The number of aryl methyl sites for hydroxylation is 1. The Morgan fingerprint density at radius 3 is 2.74 bits per heavy atom. The van der Waals surface area contributed by atoms with Gasteiger partial charge in [-0.15, -0.1) is 5.10 Å². The van der Waals surface area contributed by atoms with Crippen molar-refractivity contribution in [3.05, 3.63) is 48.3 Å². The Morgan fingerprint density at radius 2 is 2.04 bits per heavy atom. The van der Waals surface area contributed by atoms with Gasteiger partial charge in [0, 0.05) is 18.8 Å². The fourth-order valence-electron chi connectivity index (χ4n) is 3.99. The molecule has 2 atom stereocenters. The first-order valence-corrected chi connectivity index (χ1v) is 9.10. The topological polar surface area (TPSA) is 73.1 Å². The molecule has 0 saturated carbocycles. The molecule has 7 heteroatoms. The van der Waals surface area contributed by atoms with E-state index in [9.17, 15) is 4.79 Å². The van der Waals surface area contributed by atoms with Gasteiger partial charge in [0.2, 0.25) is 0 Å². The number of carbonyl (C=O) groups excluding carboxylic acids is 1. The Hall–Kier alpha value is -3.22. The quantitative estimate of drug-likeness (QED) is 0.716. The van der Waals surface area contributed by atoms with Gasteiger partial charge in [-0.2, -0.15) is 0 Å². The maximum absolute atomic E-state index is 12.2. The zero-order valence-electron chi connectivity index (χ0n) is 15.2. The van der Waals surface area contributed by atoms with Crippen LogP contribution in [0.25, 0.3) is 22.5 Å². The van der Waals surface area contributed by atoms with Crippen LogP contribution in [0.3, 0.4) is 0 Å². The third-order valence-corrected chi connectivity index (χ3v) is 5.34. The summed E-state index contributed by atoms with van der Waals surface area (Å²) in [6.07, 6.45) is 5.10. The van der Waals surface area contributed by atoms with Crippen LogP contribution in [0.2, 0.25) is 0 Å². The third kappa shape index (κ3) is 2.50. The number of cyclic esters (lactones) is 1. The number of rotatable bonds is 3. The summed E-state index contributed by atoms with van der Waals surface area (Å²) in [7, 11) is 1.83. The van der Waals surface area contributed by atoms with Crippen LogP contribution in [0.1, 0.15) is 18.9 Å². The number of aromatic nitrogens is 4. The van der Waals surface area contributed by atoms with Gasteiger partial charge in [-0.25, -0.2) is 4.79 Å². The molecule has 136 valence electrons. The molecule has 3 aromatic rings. The molecule has 4 heterocycles. The Balaban J connectivity index is 1.45. The van der Waals surface area contributed by atoms with Crippen LogP contribution in [0, 0.1) is 0 Å². The summed E-state index contributed by atoms with van der Waals surface area (Å²) in [4.78, 5) is 18.5. The van der Waals surface area contributed by atoms with Gasteiger partial charge in [-0.05, 0) is 42.2 Å². The van der Waals surface area contributed by atoms with Gasteiger partial charge in [-0.1, -0.05) is 24.3 Å². The van der Waals surface area contributed by atoms with Crippen LogP contribution in [0.15, 0.2) is 42.7 Å². The number of benzene rings is 1. The zero-order valence-corrected chi connectivity index (χ0v) is 15.2. The number of amides is 1. The lowest BCUT2D eigenvalue weighted by Gasteiger charge is -2.15.